The van der Waals surface area contributed by atoms with Gasteiger partial charge in [0.1, 0.15) is 16.3 Å². The molecule has 0 atom stereocenters. The maximum absolute atomic E-state index is 12.1. The number of hydrogen-bond acceptors (Lipinski definition) is 12. The van der Waals surface area contributed by atoms with Crippen LogP contribution in [-0.2, 0) is 30.4 Å². The SMILES string of the molecule is O=C(O)c1cc(/N=N/c2ccc(S(=O)(=O)O)cc2)ccc1/N=N/c1c(S(=O)(=O)O)cc2cc(S(=O)(=O)O)cc(Cl)c2c1O. The van der Waals surface area contributed by atoms with Crippen LogP contribution >= 0.6 is 11.6 Å². The van der Waals surface area contributed by atoms with Gasteiger partial charge in [0.05, 0.1) is 31.8 Å². The standard InChI is InChI=1S/C23H15ClN4O12S3/c24-17-10-15(42(35,36)37)7-11-8-19(43(38,39)40)21(22(29)20(11)17)28-27-18-6-3-13(9-16(18)23(30)31)26-25-12-1-4-14(5-2-12)41(32,33)34/h1-10,29H,(H,30,31)(H,32,33,34)(H,35,36,37)(H,38,39,40)/b26-25+,28-27+. The molecule has 0 aliphatic rings. The summed E-state index contributed by atoms with van der Waals surface area (Å²) in [5.74, 6) is -2.50. The predicted octanol–water partition coefficient (Wildman–Crippen LogP) is 5.47. The molecule has 20 heteroatoms. The Labute approximate surface area is 246 Å². The monoisotopic (exact) mass is 670 g/mol. The van der Waals surface area contributed by atoms with Crippen LogP contribution in [-0.4, -0.2) is 55.1 Å². The summed E-state index contributed by atoms with van der Waals surface area (Å²) in [6.45, 7) is 0. The highest BCUT2D eigenvalue weighted by molar-refractivity contribution is 7.86. The summed E-state index contributed by atoms with van der Waals surface area (Å²) in [6.07, 6.45) is 0. The molecule has 0 aliphatic heterocycles. The average Bonchev–Trinajstić information content (AvgIpc) is 2.89. The minimum Gasteiger partial charge on any atom is -0.505 e. The summed E-state index contributed by atoms with van der Waals surface area (Å²) in [5, 5.41) is 34.4. The molecule has 0 unspecified atom stereocenters. The Morgan fingerprint density at radius 3 is 1.81 bits per heavy atom. The number of phenolic OH excluding ortho intramolecular Hbond substituents is 1. The van der Waals surface area contributed by atoms with Crippen LogP contribution in [0.4, 0.5) is 22.7 Å². The largest absolute Gasteiger partial charge is 0.505 e. The molecule has 0 aliphatic carbocycles. The van der Waals surface area contributed by atoms with Gasteiger partial charge in [-0.3, -0.25) is 13.7 Å². The molecule has 0 aromatic heterocycles. The van der Waals surface area contributed by atoms with Crippen molar-refractivity contribution in [2.75, 3.05) is 0 Å². The molecule has 0 radical (unpaired) electrons. The summed E-state index contributed by atoms with van der Waals surface area (Å²) in [5.41, 5.74) is -1.60. The van der Waals surface area contributed by atoms with Gasteiger partial charge in [0.15, 0.2) is 5.75 Å². The molecule has 4 aromatic rings. The van der Waals surface area contributed by atoms with Gasteiger partial charge in [-0.25, -0.2) is 4.79 Å². The fourth-order valence-electron chi connectivity index (χ4n) is 3.60. The second-order valence-corrected chi connectivity index (χ2v) is 13.0. The molecule has 0 saturated heterocycles. The van der Waals surface area contributed by atoms with Crippen LogP contribution in [0.1, 0.15) is 10.4 Å². The summed E-state index contributed by atoms with van der Waals surface area (Å²) < 4.78 is 97.6. The summed E-state index contributed by atoms with van der Waals surface area (Å²) in [6, 6.07) is 10.2. The number of fused-ring (bicyclic) bond motifs is 1. The van der Waals surface area contributed by atoms with Gasteiger partial charge in [0, 0.05) is 5.39 Å². The minimum absolute atomic E-state index is 0.0104. The highest BCUT2D eigenvalue weighted by Gasteiger charge is 2.25. The summed E-state index contributed by atoms with van der Waals surface area (Å²) >= 11 is 6.06. The second-order valence-electron chi connectivity index (χ2n) is 8.40. The second kappa shape index (κ2) is 11.4. The lowest BCUT2D eigenvalue weighted by Crippen LogP contribution is -2.01. The van der Waals surface area contributed by atoms with E-state index in [0.717, 1.165) is 36.4 Å². The molecule has 0 bridgehead atoms. The van der Waals surface area contributed by atoms with E-state index in [1.54, 1.807) is 0 Å². The number of azo groups is 2. The zero-order valence-corrected chi connectivity index (χ0v) is 24.0. The molecule has 4 aromatic carbocycles. The van der Waals surface area contributed by atoms with Crippen molar-refractivity contribution in [2.45, 2.75) is 14.7 Å². The highest BCUT2D eigenvalue weighted by atomic mass is 35.5. The molecule has 0 fully saturated rings. The van der Waals surface area contributed by atoms with Crippen molar-refractivity contribution >= 4 is 81.4 Å². The van der Waals surface area contributed by atoms with E-state index in [9.17, 15) is 49.4 Å². The number of aromatic hydroxyl groups is 1. The van der Waals surface area contributed by atoms with Crippen LogP contribution in [0.3, 0.4) is 0 Å². The molecule has 224 valence electrons. The first-order valence-corrected chi connectivity index (χ1v) is 15.8. The number of hydrogen-bond donors (Lipinski definition) is 5. The molecule has 0 amide bonds. The number of rotatable bonds is 8. The fourth-order valence-corrected chi connectivity index (χ4v) is 5.66. The first kappa shape index (κ1) is 31.6. The quantitative estimate of drug-likeness (QED) is 0.115. The number of carboxylic acid groups (broad SMARTS) is 1. The number of nitrogens with zero attached hydrogens (tertiary/aromatic N) is 4. The number of carboxylic acids is 1. The van der Waals surface area contributed by atoms with E-state index in [-0.39, 0.29) is 32.7 Å². The normalized spacial score (nSPS) is 12.8. The van der Waals surface area contributed by atoms with Crippen LogP contribution in [0.2, 0.25) is 5.02 Å². The topological polar surface area (TPSA) is 270 Å². The van der Waals surface area contributed by atoms with Gasteiger partial charge in [-0.15, -0.1) is 10.2 Å². The zero-order chi connectivity index (χ0) is 31.9. The first-order valence-electron chi connectivity index (χ1n) is 11.1. The Morgan fingerprint density at radius 1 is 0.674 bits per heavy atom. The van der Waals surface area contributed by atoms with Gasteiger partial charge in [0.2, 0.25) is 0 Å². The average molecular weight is 671 g/mol. The molecule has 0 heterocycles. The Morgan fingerprint density at radius 2 is 1.26 bits per heavy atom. The first-order chi connectivity index (χ1) is 19.9. The van der Waals surface area contributed by atoms with Gasteiger partial charge in [-0.2, -0.15) is 35.5 Å². The van der Waals surface area contributed by atoms with E-state index in [1.165, 1.54) is 18.2 Å². The van der Waals surface area contributed by atoms with Crippen molar-refractivity contribution in [1.29, 1.82) is 0 Å². The van der Waals surface area contributed by atoms with E-state index < -0.39 is 68.1 Å². The van der Waals surface area contributed by atoms with Crippen molar-refractivity contribution in [2.24, 2.45) is 20.5 Å². The molecule has 16 nitrogen and oxygen atoms in total. The molecular weight excluding hydrogens is 656 g/mol. The molecular formula is C23H15ClN4O12S3. The summed E-state index contributed by atoms with van der Waals surface area (Å²) in [7, 11) is -14.4. The van der Waals surface area contributed by atoms with Crippen LogP contribution in [0.25, 0.3) is 10.8 Å². The number of benzene rings is 4. The number of phenols is 1. The smallest absolute Gasteiger partial charge is 0.338 e. The van der Waals surface area contributed by atoms with Crippen molar-refractivity contribution in [1.82, 2.24) is 0 Å². The number of carbonyl (C=O) groups is 1. The summed E-state index contributed by atoms with van der Waals surface area (Å²) in [4.78, 5) is 9.72. The lowest BCUT2D eigenvalue weighted by atomic mass is 10.1. The molecule has 43 heavy (non-hydrogen) atoms. The number of halogens is 1. The maximum atomic E-state index is 12.1. The van der Waals surface area contributed by atoms with Crippen LogP contribution in [0, 0.1) is 0 Å². The number of aromatic carboxylic acids is 1. The third-order valence-electron chi connectivity index (χ3n) is 5.53. The Hall–Kier alpha value is -4.37. The minimum atomic E-state index is -5.15. The molecule has 4 rings (SSSR count). The Bertz CT molecular complexity index is 2200. The lowest BCUT2D eigenvalue weighted by molar-refractivity contribution is 0.0697. The van der Waals surface area contributed by atoms with E-state index in [2.05, 4.69) is 20.5 Å². The van der Waals surface area contributed by atoms with Crippen molar-refractivity contribution in [3.63, 3.8) is 0 Å². The third-order valence-corrected chi connectivity index (χ3v) is 8.40. The predicted molar refractivity (Wildman–Crippen MR) is 148 cm³/mol. The van der Waals surface area contributed by atoms with E-state index in [1.807, 2.05) is 0 Å². The zero-order valence-electron chi connectivity index (χ0n) is 20.8. The van der Waals surface area contributed by atoms with Crippen LogP contribution < -0.4 is 0 Å². The Kier molecular flexibility index (Phi) is 8.35. The van der Waals surface area contributed by atoms with Gasteiger partial charge in [-0.1, -0.05) is 11.6 Å². The van der Waals surface area contributed by atoms with Gasteiger partial charge < -0.3 is 10.2 Å². The highest BCUT2D eigenvalue weighted by Crippen LogP contribution is 2.45. The van der Waals surface area contributed by atoms with Gasteiger partial charge in [-0.05, 0) is 66.0 Å². The van der Waals surface area contributed by atoms with Crippen molar-refractivity contribution in [3.8, 4) is 5.75 Å². The van der Waals surface area contributed by atoms with Crippen LogP contribution in [0.5, 0.6) is 5.75 Å². The molecule has 5 N–H and O–H groups in total. The van der Waals surface area contributed by atoms with Gasteiger partial charge >= 0.3 is 5.97 Å². The van der Waals surface area contributed by atoms with E-state index >= 15 is 0 Å². The maximum Gasteiger partial charge on any atom is 0.338 e. The Balaban J connectivity index is 1.78. The molecule has 0 saturated carbocycles. The lowest BCUT2D eigenvalue weighted by Gasteiger charge is -2.11. The van der Waals surface area contributed by atoms with Crippen molar-refractivity contribution < 1.29 is 53.9 Å². The van der Waals surface area contributed by atoms with Crippen LogP contribution in [0.15, 0.2) is 95.8 Å². The fraction of sp³-hybridized carbons (Fsp3) is 0. The van der Waals surface area contributed by atoms with E-state index in [4.69, 9.17) is 16.2 Å². The van der Waals surface area contributed by atoms with E-state index in [0.29, 0.717) is 6.07 Å². The van der Waals surface area contributed by atoms with Crippen molar-refractivity contribution in [3.05, 3.63) is 71.2 Å². The molecule has 0 spiro atoms. The third kappa shape index (κ3) is 7.00. The van der Waals surface area contributed by atoms with Gasteiger partial charge in [0.25, 0.3) is 30.4 Å².